The summed E-state index contributed by atoms with van der Waals surface area (Å²) < 4.78 is 11.4. The van der Waals surface area contributed by atoms with Gasteiger partial charge in [-0.15, -0.1) is 0 Å². The Hall–Kier alpha value is -1.55. The van der Waals surface area contributed by atoms with E-state index in [0.717, 1.165) is 36.7 Å². The summed E-state index contributed by atoms with van der Waals surface area (Å²) in [6.45, 7) is 0.867. The third-order valence-corrected chi connectivity index (χ3v) is 6.52. The van der Waals surface area contributed by atoms with Crippen LogP contribution >= 0.6 is 0 Å². The maximum atomic E-state index is 12.6. The predicted octanol–water partition coefficient (Wildman–Crippen LogP) is 3.34. The highest BCUT2D eigenvalue weighted by Gasteiger charge is 2.56. The molecule has 4 heteroatoms. The van der Waals surface area contributed by atoms with Gasteiger partial charge in [-0.3, -0.25) is 4.79 Å². The maximum absolute atomic E-state index is 12.6. The van der Waals surface area contributed by atoms with Gasteiger partial charge in [0.25, 0.3) is 0 Å². The molecule has 4 atom stereocenters. The van der Waals surface area contributed by atoms with Gasteiger partial charge < -0.3 is 14.8 Å². The Kier molecular flexibility index (Phi) is 4.98. The van der Waals surface area contributed by atoms with Gasteiger partial charge >= 0.3 is 0 Å². The highest BCUT2D eigenvalue weighted by Crippen LogP contribution is 2.51. The van der Waals surface area contributed by atoms with Crippen molar-refractivity contribution in [2.24, 2.45) is 17.8 Å². The van der Waals surface area contributed by atoms with E-state index in [4.69, 9.17) is 9.47 Å². The lowest BCUT2D eigenvalue weighted by Gasteiger charge is -2.50. The summed E-state index contributed by atoms with van der Waals surface area (Å²) in [5, 5.41) is 3.36. The lowest BCUT2D eigenvalue weighted by molar-refractivity contribution is -0.129. The quantitative estimate of drug-likeness (QED) is 0.862. The second kappa shape index (κ2) is 7.36. The average Bonchev–Trinajstić information content (AvgIpc) is 3.29. The minimum absolute atomic E-state index is 0.171. The van der Waals surface area contributed by atoms with E-state index in [1.807, 2.05) is 24.3 Å². The molecule has 1 aromatic rings. The number of methoxy groups -OCH3 is 1. The van der Waals surface area contributed by atoms with Gasteiger partial charge in [-0.1, -0.05) is 43.9 Å². The Balaban J connectivity index is 1.35. The summed E-state index contributed by atoms with van der Waals surface area (Å²) >= 11 is 0. The predicted molar refractivity (Wildman–Crippen MR) is 96.5 cm³/mol. The van der Waals surface area contributed by atoms with Crippen LogP contribution in [0.4, 0.5) is 0 Å². The molecule has 4 nitrogen and oxygen atoms in total. The van der Waals surface area contributed by atoms with E-state index in [0.29, 0.717) is 30.4 Å². The number of hydrogen-bond donors (Lipinski definition) is 1. The molecule has 136 valence electrons. The second-order valence-corrected chi connectivity index (χ2v) is 7.81. The number of nitrogens with one attached hydrogen (secondary N) is 1. The Labute approximate surface area is 150 Å². The van der Waals surface area contributed by atoms with Gasteiger partial charge in [-0.05, 0) is 30.4 Å². The SMILES string of the molecule is COc1ccccc1CCC(=O)N[C@H]1[C@H]2CCO[C@H]2[C@H]1C1CCCC1. The molecule has 1 heterocycles. The topological polar surface area (TPSA) is 47.6 Å². The molecule has 2 saturated carbocycles. The van der Waals surface area contributed by atoms with Crippen LogP contribution in [0.5, 0.6) is 5.75 Å². The fourth-order valence-electron chi connectivity index (χ4n) is 5.28. The van der Waals surface area contributed by atoms with Crippen molar-refractivity contribution in [2.75, 3.05) is 13.7 Å². The first-order chi connectivity index (χ1) is 12.3. The van der Waals surface area contributed by atoms with Crippen molar-refractivity contribution < 1.29 is 14.3 Å². The van der Waals surface area contributed by atoms with E-state index in [1.54, 1.807) is 7.11 Å². The molecule has 1 amide bonds. The first-order valence-electron chi connectivity index (χ1n) is 9.81. The van der Waals surface area contributed by atoms with Crippen LogP contribution in [0.1, 0.15) is 44.1 Å². The summed E-state index contributed by atoms with van der Waals surface area (Å²) in [4.78, 5) is 12.6. The number of carbonyl (C=O) groups is 1. The van der Waals surface area contributed by atoms with Gasteiger partial charge in [-0.25, -0.2) is 0 Å². The Morgan fingerprint density at radius 2 is 2.04 bits per heavy atom. The van der Waals surface area contributed by atoms with Crippen molar-refractivity contribution in [3.05, 3.63) is 29.8 Å². The number of hydrogen-bond acceptors (Lipinski definition) is 3. The van der Waals surface area contributed by atoms with Gasteiger partial charge in [0.05, 0.1) is 13.2 Å². The number of carbonyl (C=O) groups excluding carboxylic acids is 1. The molecule has 1 N–H and O–H groups in total. The molecule has 1 saturated heterocycles. The molecule has 1 aromatic carbocycles. The number of fused-ring (bicyclic) bond motifs is 1. The summed E-state index contributed by atoms with van der Waals surface area (Å²) in [7, 11) is 1.68. The molecule has 0 radical (unpaired) electrons. The van der Waals surface area contributed by atoms with Crippen LogP contribution in [-0.2, 0) is 16.0 Å². The van der Waals surface area contributed by atoms with Crippen molar-refractivity contribution in [1.29, 1.82) is 0 Å². The smallest absolute Gasteiger partial charge is 0.220 e. The fraction of sp³-hybridized carbons (Fsp3) is 0.667. The van der Waals surface area contributed by atoms with Crippen LogP contribution in [0, 0.1) is 17.8 Å². The van der Waals surface area contributed by atoms with Crippen LogP contribution in [0.3, 0.4) is 0 Å². The monoisotopic (exact) mass is 343 g/mol. The first-order valence-corrected chi connectivity index (χ1v) is 9.81. The second-order valence-electron chi connectivity index (χ2n) is 7.81. The molecule has 4 rings (SSSR count). The molecule has 0 aromatic heterocycles. The third kappa shape index (κ3) is 3.29. The minimum atomic E-state index is 0.171. The van der Waals surface area contributed by atoms with Gasteiger partial charge in [0.2, 0.25) is 5.91 Å². The Morgan fingerprint density at radius 3 is 2.84 bits per heavy atom. The zero-order chi connectivity index (χ0) is 17.2. The molecule has 3 aliphatic rings. The molecular weight excluding hydrogens is 314 g/mol. The molecule has 1 aliphatic heterocycles. The number of ether oxygens (including phenoxy) is 2. The van der Waals surface area contributed by atoms with Crippen molar-refractivity contribution in [1.82, 2.24) is 5.32 Å². The Morgan fingerprint density at radius 1 is 1.24 bits per heavy atom. The lowest BCUT2D eigenvalue weighted by atomic mass is 9.61. The van der Waals surface area contributed by atoms with Gasteiger partial charge in [0.15, 0.2) is 0 Å². The average molecular weight is 343 g/mol. The highest BCUT2D eigenvalue weighted by molar-refractivity contribution is 5.77. The first kappa shape index (κ1) is 16.9. The number of amides is 1. The van der Waals surface area contributed by atoms with Crippen molar-refractivity contribution in [3.63, 3.8) is 0 Å². The standard InChI is InChI=1S/C21H29NO3/c1-24-17-9-5-4-6-14(17)10-11-18(23)22-20-16-12-13-25-21(16)19(20)15-7-2-3-8-15/h4-6,9,15-16,19-21H,2-3,7-8,10-13H2,1H3,(H,22,23)/t16-,19+,20+,21-/m1/s1. The van der Waals surface area contributed by atoms with E-state index < -0.39 is 0 Å². The number of para-hydroxylation sites is 1. The van der Waals surface area contributed by atoms with E-state index in [1.165, 1.54) is 25.7 Å². The zero-order valence-corrected chi connectivity index (χ0v) is 15.1. The summed E-state index contributed by atoms with van der Waals surface area (Å²) in [5.41, 5.74) is 1.10. The third-order valence-electron chi connectivity index (χ3n) is 6.52. The maximum Gasteiger partial charge on any atom is 0.220 e. The minimum Gasteiger partial charge on any atom is -0.496 e. The summed E-state index contributed by atoms with van der Waals surface area (Å²) in [6, 6.07) is 8.29. The van der Waals surface area contributed by atoms with Crippen molar-refractivity contribution in [3.8, 4) is 5.75 Å². The fourth-order valence-corrected chi connectivity index (χ4v) is 5.28. The zero-order valence-electron chi connectivity index (χ0n) is 15.1. The van der Waals surface area contributed by atoms with E-state index in [9.17, 15) is 4.79 Å². The summed E-state index contributed by atoms with van der Waals surface area (Å²) in [5.74, 6) is 2.88. The van der Waals surface area contributed by atoms with Gasteiger partial charge in [0.1, 0.15) is 5.75 Å². The van der Waals surface area contributed by atoms with Crippen LogP contribution < -0.4 is 10.1 Å². The van der Waals surface area contributed by atoms with Crippen molar-refractivity contribution in [2.45, 2.75) is 57.1 Å². The van der Waals surface area contributed by atoms with Crippen LogP contribution in [0.25, 0.3) is 0 Å². The normalized spacial score (nSPS) is 31.4. The molecule has 25 heavy (non-hydrogen) atoms. The summed E-state index contributed by atoms with van der Waals surface area (Å²) in [6.07, 6.45) is 8.05. The number of rotatable bonds is 6. The highest BCUT2D eigenvalue weighted by atomic mass is 16.5. The van der Waals surface area contributed by atoms with Crippen molar-refractivity contribution >= 4 is 5.91 Å². The van der Waals surface area contributed by atoms with Crippen LogP contribution in [0.15, 0.2) is 24.3 Å². The van der Waals surface area contributed by atoms with E-state index >= 15 is 0 Å². The molecular formula is C21H29NO3. The van der Waals surface area contributed by atoms with E-state index in [-0.39, 0.29) is 5.91 Å². The molecule has 0 bridgehead atoms. The number of benzene rings is 1. The molecule has 0 spiro atoms. The van der Waals surface area contributed by atoms with Gasteiger partial charge in [0, 0.05) is 30.9 Å². The Bertz CT molecular complexity index is 606. The molecule has 0 unspecified atom stereocenters. The van der Waals surface area contributed by atoms with Crippen LogP contribution in [-0.4, -0.2) is 31.8 Å². The van der Waals surface area contributed by atoms with Crippen LogP contribution in [0.2, 0.25) is 0 Å². The lowest BCUT2D eigenvalue weighted by Crippen LogP contribution is -2.63. The molecule has 2 aliphatic carbocycles. The van der Waals surface area contributed by atoms with Gasteiger partial charge in [-0.2, -0.15) is 0 Å². The van der Waals surface area contributed by atoms with E-state index in [2.05, 4.69) is 5.32 Å². The number of aryl methyl sites for hydroxylation is 1. The largest absolute Gasteiger partial charge is 0.496 e. The molecule has 3 fully saturated rings.